The molecule has 0 radical (unpaired) electrons. The highest BCUT2D eigenvalue weighted by atomic mass is 19.1. The lowest BCUT2D eigenvalue weighted by molar-refractivity contribution is 0.577. The minimum Gasteiger partial charge on any atom is -0.206 e. The third-order valence-electron chi connectivity index (χ3n) is 2.31. The molecule has 0 aliphatic carbocycles. The zero-order valence-electron chi connectivity index (χ0n) is 10.4. The second-order valence-electron chi connectivity index (χ2n) is 3.54. The summed E-state index contributed by atoms with van der Waals surface area (Å²) in [4.78, 5) is 0. The summed E-state index contributed by atoms with van der Waals surface area (Å²) in [5.74, 6) is 2.95. The molecule has 20 heavy (non-hydrogen) atoms. The maximum Gasteiger partial charge on any atom is 0.141 e. The summed E-state index contributed by atoms with van der Waals surface area (Å²) in [6.07, 6.45) is 9.95. The van der Waals surface area contributed by atoms with Gasteiger partial charge in [-0.25, -0.2) is 8.78 Å². The van der Waals surface area contributed by atoms with Gasteiger partial charge in [-0.3, -0.25) is 0 Å². The van der Waals surface area contributed by atoms with E-state index in [1.54, 1.807) is 18.2 Å². The fraction of sp³-hybridized carbons (Fsp3) is 0. The average molecular weight is 265 g/mol. The van der Waals surface area contributed by atoms with E-state index in [9.17, 15) is 8.78 Å². The monoisotopic (exact) mass is 265 g/mol. The predicted octanol–water partition coefficient (Wildman–Crippen LogP) is 3.49. The number of hydrogen-bond donors (Lipinski definition) is 0. The van der Waals surface area contributed by atoms with Crippen LogP contribution in [0.25, 0.3) is 0 Å². The van der Waals surface area contributed by atoms with E-state index in [2.05, 4.69) is 5.92 Å². The summed E-state index contributed by atoms with van der Waals surface area (Å²) in [6, 6.07) is 12.6. The maximum atomic E-state index is 12.5. The van der Waals surface area contributed by atoms with Gasteiger partial charge in [0.2, 0.25) is 0 Å². The lowest BCUT2D eigenvalue weighted by Crippen LogP contribution is -1.87. The van der Waals surface area contributed by atoms with E-state index in [-0.39, 0.29) is 5.56 Å². The first-order valence-corrected chi connectivity index (χ1v) is 5.50. The van der Waals surface area contributed by atoms with Gasteiger partial charge in [-0.15, -0.1) is 12.8 Å². The van der Waals surface area contributed by atoms with Crippen molar-refractivity contribution in [2.45, 2.75) is 0 Å². The van der Waals surface area contributed by atoms with Crippen LogP contribution < -0.4 is 0 Å². The molecule has 2 rings (SSSR count). The van der Waals surface area contributed by atoms with Gasteiger partial charge in [0, 0.05) is 5.56 Å². The lowest BCUT2D eigenvalue weighted by atomic mass is 10.1. The van der Waals surface area contributed by atoms with E-state index < -0.39 is 11.6 Å². The Morgan fingerprint density at radius 3 is 1.70 bits per heavy atom. The molecule has 2 aromatic rings. The van der Waals surface area contributed by atoms with Crippen LogP contribution in [0.2, 0.25) is 0 Å². The van der Waals surface area contributed by atoms with Crippen molar-refractivity contribution in [3.8, 4) is 30.8 Å². The van der Waals surface area contributed by atoms with E-state index in [1.165, 1.54) is 6.07 Å². The first-order chi connectivity index (χ1) is 9.63. The quantitative estimate of drug-likeness (QED) is 0.669. The van der Waals surface area contributed by atoms with E-state index in [0.29, 0.717) is 11.1 Å². The topological polar surface area (TPSA) is 23.8 Å². The van der Waals surface area contributed by atoms with Crippen molar-refractivity contribution in [1.82, 2.24) is 0 Å². The molecular formula is C17H9F2N. The molecule has 0 atom stereocenters. The number of hydrogen-bond acceptors (Lipinski definition) is 1. The van der Waals surface area contributed by atoms with Crippen molar-refractivity contribution in [3.63, 3.8) is 0 Å². The van der Waals surface area contributed by atoms with Gasteiger partial charge in [-0.1, -0.05) is 30.0 Å². The highest BCUT2D eigenvalue weighted by molar-refractivity contribution is 5.46. The molecule has 0 heterocycles. The zero-order valence-corrected chi connectivity index (χ0v) is 10.4. The van der Waals surface area contributed by atoms with Crippen LogP contribution in [0.5, 0.6) is 0 Å². The van der Waals surface area contributed by atoms with Crippen molar-refractivity contribution < 1.29 is 8.78 Å². The predicted molar refractivity (Wildman–Crippen MR) is 73.4 cm³/mol. The number of nitriles is 1. The summed E-state index contributed by atoms with van der Waals surface area (Å²) >= 11 is 0. The number of nitrogens with zero attached hydrogens (tertiary/aromatic N) is 1. The van der Waals surface area contributed by atoms with Crippen LogP contribution >= 0.6 is 0 Å². The Morgan fingerprint density at radius 1 is 0.800 bits per heavy atom. The highest BCUT2D eigenvalue weighted by Crippen LogP contribution is 2.09. The van der Waals surface area contributed by atoms with Crippen LogP contribution in [0.15, 0.2) is 42.5 Å². The second kappa shape index (κ2) is 7.37. The Hall–Kier alpha value is -3.09. The Kier molecular flexibility index (Phi) is 5.51. The van der Waals surface area contributed by atoms with E-state index >= 15 is 0 Å². The molecule has 0 saturated heterocycles. The molecule has 0 unspecified atom stereocenters. The highest BCUT2D eigenvalue weighted by Gasteiger charge is 2.02. The van der Waals surface area contributed by atoms with Gasteiger partial charge in [0.25, 0.3) is 0 Å². The van der Waals surface area contributed by atoms with Crippen LogP contribution in [0.3, 0.4) is 0 Å². The molecule has 0 aliphatic heterocycles. The summed E-state index contributed by atoms with van der Waals surface area (Å²) in [5.41, 5.74) is 0.914. The average Bonchev–Trinajstić information content (AvgIpc) is 2.48. The van der Waals surface area contributed by atoms with Crippen molar-refractivity contribution in [2.75, 3.05) is 0 Å². The second-order valence-corrected chi connectivity index (χ2v) is 3.54. The van der Waals surface area contributed by atoms with Gasteiger partial charge in [-0.05, 0) is 24.3 Å². The summed E-state index contributed by atoms with van der Waals surface area (Å²) in [7, 11) is 0. The van der Waals surface area contributed by atoms with Crippen LogP contribution in [0, 0.1) is 47.7 Å². The molecule has 0 saturated carbocycles. The first kappa shape index (κ1) is 15.0. The Bertz CT molecular complexity index is 675. The molecule has 96 valence electrons. The maximum absolute atomic E-state index is 12.5. The standard InChI is InChI=1S/C9H5N.C8H4F2/c1-2-8-5-3-4-6-9(8)7-10;1-2-6-7(9)4-3-5-8(6)10/h1,3-6H;1,3-5H. The molecular weight excluding hydrogens is 256 g/mol. The minimum absolute atomic E-state index is 0.303. The van der Waals surface area contributed by atoms with Crippen molar-refractivity contribution in [2.24, 2.45) is 0 Å². The smallest absolute Gasteiger partial charge is 0.141 e. The summed E-state index contributed by atoms with van der Waals surface area (Å²) < 4.78 is 24.9. The Morgan fingerprint density at radius 2 is 1.35 bits per heavy atom. The third-order valence-corrected chi connectivity index (χ3v) is 2.31. The van der Waals surface area contributed by atoms with E-state index in [0.717, 1.165) is 12.1 Å². The van der Waals surface area contributed by atoms with Gasteiger partial charge in [0.15, 0.2) is 0 Å². The molecule has 1 nitrogen and oxygen atoms in total. The fourth-order valence-electron chi connectivity index (χ4n) is 1.34. The fourth-order valence-corrected chi connectivity index (χ4v) is 1.34. The zero-order chi connectivity index (χ0) is 15.0. The number of terminal acetylenes is 2. The Balaban J connectivity index is 0.000000200. The van der Waals surface area contributed by atoms with Gasteiger partial charge in [-0.2, -0.15) is 5.26 Å². The minimum atomic E-state index is -0.692. The van der Waals surface area contributed by atoms with Gasteiger partial charge >= 0.3 is 0 Å². The van der Waals surface area contributed by atoms with Crippen molar-refractivity contribution in [1.29, 1.82) is 5.26 Å². The largest absolute Gasteiger partial charge is 0.206 e. The number of benzene rings is 2. The van der Waals surface area contributed by atoms with Crippen LogP contribution in [0.4, 0.5) is 8.78 Å². The van der Waals surface area contributed by atoms with Crippen molar-refractivity contribution >= 4 is 0 Å². The first-order valence-electron chi connectivity index (χ1n) is 5.50. The lowest BCUT2D eigenvalue weighted by Gasteiger charge is -1.93. The molecule has 0 bridgehead atoms. The molecule has 0 N–H and O–H groups in total. The Labute approximate surface area is 116 Å². The van der Waals surface area contributed by atoms with Crippen LogP contribution in [-0.2, 0) is 0 Å². The van der Waals surface area contributed by atoms with Gasteiger partial charge < -0.3 is 0 Å². The number of halogens is 2. The summed E-state index contributed by atoms with van der Waals surface area (Å²) in [6.45, 7) is 0. The molecule has 0 amide bonds. The third kappa shape index (κ3) is 3.70. The van der Waals surface area contributed by atoms with Gasteiger partial charge in [0.05, 0.1) is 11.1 Å². The molecule has 2 aromatic carbocycles. The van der Waals surface area contributed by atoms with Crippen molar-refractivity contribution in [3.05, 3.63) is 70.8 Å². The normalized spacial score (nSPS) is 8.35. The van der Waals surface area contributed by atoms with Gasteiger partial charge in [0.1, 0.15) is 17.7 Å². The van der Waals surface area contributed by atoms with Crippen LogP contribution in [0.1, 0.15) is 16.7 Å². The summed E-state index contributed by atoms with van der Waals surface area (Å²) in [5, 5.41) is 8.50. The molecule has 3 heteroatoms. The van der Waals surface area contributed by atoms with E-state index in [4.69, 9.17) is 18.1 Å². The molecule has 0 aromatic heterocycles. The molecule has 0 spiro atoms. The van der Waals surface area contributed by atoms with E-state index in [1.807, 2.05) is 18.1 Å². The number of rotatable bonds is 0. The molecule has 0 aliphatic rings. The molecule has 0 fully saturated rings. The van der Waals surface area contributed by atoms with Crippen LogP contribution in [-0.4, -0.2) is 0 Å². The SMILES string of the molecule is C#Cc1c(F)cccc1F.C#Cc1ccccc1C#N.